The summed E-state index contributed by atoms with van der Waals surface area (Å²) >= 11 is 15.6. The van der Waals surface area contributed by atoms with Crippen LogP contribution in [0.2, 0.25) is 0 Å². The van der Waals surface area contributed by atoms with Gasteiger partial charge < -0.3 is 11.5 Å². The van der Waals surface area contributed by atoms with E-state index in [0.717, 1.165) is 44.9 Å². The molecule has 0 aromatic rings. The quantitative estimate of drug-likeness (QED) is 0.232. The molecule has 33 heavy (non-hydrogen) atoms. The molecule has 196 valence electrons. The van der Waals surface area contributed by atoms with Gasteiger partial charge in [-0.05, 0) is 68.6 Å². The first-order chi connectivity index (χ1) is 15.7. The van der Waals surface area contributed by atoms with Gasteiger partial charge in [0.15, 0.2) is 0 Å². The van der Waals surface area contributed by atoms with Crippen molar-refractivity contribution in [2.24, 2.45) is 22.3 Å². The number of hydrogen-bond acceptors (Lipinski definition) is 2. The third-order valence-corrected chi connectivity index (χ3v) is 11.5. The SMILES string of the molecule is CCCCC1(CC2(CCCC)CCCC(N)C2(Cl)CCCC)CCCC(N)C1(Cl)CCCC. The zero-order chi connectivity index (χ0) is 24.6. The molecule has 2 aliphatic carbocycles. The van der Waals surface area contributed by atoms with E-state index in [-0.39, 0.29) is 32.7 Å². The van der Waals surface area contributed by atoms with E-state index in [2.05, 4.69) is 27.7 Å². The predicted octanol–water partition coefficient (Wildman–Crippen LogP) is 9.09. The Bertz CT molecular complexity index is 524. The van der Waals surface area contributed by atoms with Crippen molar-refractivity contribution in [2.45, 2.75) is 172 Å². The van der Waals surface area contributed by atoms with Crippen LogP contribution in [0.5, 0.6) is 0 Å². The minimum atomic E-state index is -0.320. The van der Waals surface area contributed by atoms with E-state index >= 15 is 0 Å². The van der Waals surface area contributed by atoms with Crippen LogP contribution in [0.25, 0.3) is 0 Å². The number of unbranched alkanes of at least 4 members (excludes halogenated alkanes) is 4. The molecular formula is C29H56Cl2N2. The molecule has 4 heteroatoms. The first-order valence-corrected chi connectivity index (χ1v) is 15.4. The Kier molecular flexibility index (Phi) is 11.9. The lowest BCUT2D eigenvalue weighted by molar-refractivity contribution is -0.0312. The molecule has 0 aliphatic heterocycles. The number of hydrogen-bond donors (Lipinski definition) is 2. The van der Waals surface area contributed by atoms with Crippen LogP contribution in [-0.4, -0.2) is 21.8 Å². The molecule has 2 fully saturated rings. The van der Waals surface area contributed by atoms with Gasteiger partial charge in [-0.2, -0.15) is 0 Å². The van der Waals surface area contributed by atoms with Crippen LogP contribution in [0.1, 0.15) is 150 Å². The zero-order valence-corrected chi connectivity index (χ0v) is 24.0. The van der Waals surface area contributed by atoms with Crippen molar-refractivity contribution in [1.82, 2.24) is 0 Å². The van der Waals surface area contributed by atoms with E-state index in [1.165, 1.54) is 77.0 Å². The fourth-order valence-corrected chi connectivity index (χ4v) is 8.74. The molecule has 0 radical (unpaired) electrons. The molecule has 0 amide bonds. The highest BCUT2D eigenvalue weighted by atomic mass is 35.5. The van der Waals surface area contributed by atoms with Crippen LogP contribution in [0.15, 0.2) is 0 Å². The maximum absolute atomic E-state index is 7.81. The van der Waals surface area contributed by atoms with Crippen LogP contribution >= 0.6 is 23.2 Å². The Morgan fingerprint density at radius 3 is 1.27 bits per heavy atom. The number of alkyl halides is 2. The Labute approximate surface area is 216 Å². The fraction of sp³-hybridized carbons (Fsp3) is 1.00. The second kappa shape index (κ2) is 13.2. The molecule has 0 saturated heterocycles. The molecule has 0 spiro atoms. The van der Waals surface area contributed by atoms with Crippen molar-refractivity contribution < 1.29 is 0 Å². The zero-order valence-electron chi connectivity index (χ0n) is 22.5. The van der Waals surface area contributed by atoms with Gasteiger partial charge in [0.1, 0.15) is 0 Å². The van der Waals surface area contributed by atoms with Gasteiger partial charge in [-0.25, -0.2) is 0 Å². The molecule has 6 atom stereocenters. The highest BCUT2D eigenvalue weighted by Gasteiger charge is 2.62. The second-order valence-electron chi connectivity index (χ2n) is 11.9. The first-order valence-electron chi connectivity index (χ1n) is 14.6. The lowest BCUT2D eigenvalue weighted by atomic mass is 9.48. The molecule has 0 bridgehead atoms. The van der Waals surface area contributed by atoms with Crippen LogP contribution in [0.3, 0.4) is 0 Å². The maximum Gasteiger partial charge on any atom is 0.0653 e. The third-order valence-electron chi connectivity index (χ3n) is 9.76. The second-order valence-corrected chi connectivity index (χ2v) is 13.2. The molecule has 4 N–H and O–H groups in total. The smallest absolute Gasteiger partial charge is 0.0653 e. The molecule has 2 rings (SSSR count). The Morgan fingerprint density at radius 2 is 0.939 bits per heavy atom. The van der Waals surface area contributed by atoms with Crippen molar-refractivity contribution >= 4 is 23.2 Å². The van der Waals surface area contributed by atoms with Crippen LogP contribution < -0.4 is 11.5 Å². The average Bonchev–Trinajstić information content (AvgIpc) is 2.80. The fourth-order valence-electron chi connectivity index (χ4n) is 7.74. The normalized spacial score (nSPS) is 39.6. The number of halogens is 2. The van der Waals surface area contributed by atoms with Crippen LogP contribution in [0.4, 0.5) is 0 Å². The van der Waals surface area contributed by atoms with Gasteiger partial charge in [0.25, 0.3) is 0 Å². The van der Waals surface area contributed by atoms with E-state index in [1.54, 1.807) is 0 Å². The van der Waals surface area contributed by atoms with E-state index in [1.807, 2.05) is 0 Å². The number of nitrogens with two attached hydrogens (primary N) is 2. The summed E-state index contributed by atoms with van der Waals surface area (Å²) in [6.45, 7) is 9.18. The predicted molar refractivity (Wildman–Crippen MR) is 148 cm³/mol. The van der Waals surface area contributed by atoms with Gasteiger partial charge in [-0.1, -0.05) is 91.9 Å². The summed E-state index contributed by atoms with van der Waals surface area (Å²) in [5.74, 6) is 0. The summed E-state index contributed by atoms with van der Waals surface area (Å²) in [7, 11) is 0. The molecule has 6 unspecified atom stereocenters. The van der Waals surface area contributed by atoms with E-state index in [9.17, 15) is 0 Å². The third kappa shape index (κ3) is 6.08. The average molecular weight is 504 g/mol. The standard InChI is InChI=1S/C29H56Cl2N2/c1-5-9-17-26(19-13-15-24(32)28(26,30)21-11-7-3)23-27(18-10-6-2)20-14-16-25(33)29(27,31)22-12-8-4/h24-25H,5-23,32-33H2,1-4H3. The van der Waals surface area contributed by atoms with Gasteiger partial charge in [0.05, 0.1) is 9.75 Å². The Balaban J connectivity index is 2.60. The van der Waals surface area contributed by atoms with E-state index in [0.29, 0.717) is 0 Å². The van der Waals surface area contributed by atoms with Crippen molar-refractivity contribution in [3.63, 3.8) is 0 Å². The van der Waals surface area contributed by atoms with Crippen molar-refractivity contribution in [3.8, 4) is 0 Å². The van der Waals surface area contributed by atoms with E-state index < -0.39 is 0 Å². The monoisotopic (exact) mass is 502 g/mol. The van der Waals surface area contributed by atoms with E-state index in [4.69, 9.17) is 34.7 Å². The van der Waals surface area contributed by atoms with Crippen LogP contribution in [-0.2, 0) is 0 Å². The van der Waals surface area contributed by atoms with Crippen molar-refractivity contribution in [3.05, 3.63) is 0 Å². The van der Waals surface area contributed by atoms with Gasteiger partial charge in [0, 0.05) is 12.1 Å². The summed E-state index contributed by atoms with van der Waals surface area (Å²) < 4.78 is 0. The van der Waals surface area contributed by atoms with Gasteiger partial charge >= 0.3 is 0 Å². The largest absolute Gasteiger partial charge is 0.326 e. The van der Waals surface area contributed by atoms with Gasteiger partial charge in [-0.3, -0.25) is 0 Å². The maximum atomic E-state index is 7.81. The number of rotatable bonds is 14. The minimum Gasteiger partial charge on any atom is -0.326 e. The van der Waals surface area contributed by atoms with Crippen molar-refractivity contribution in [1.29, 1.82) is 0 Å². The summed E-state index contributed by atoms with van der Waals surface area (Å²) in [5, 5.41) is 0. The lowest BCUT2D eigenvalue weighted by Crippen LogP contribution is -2.64. The highest BCUT2D eigenvalue weighted by molar-refractivity contribution is 6.26. The molecule has 2 aliphatic rings. The summed E-state index contributed by atoms with van der Waals surface area (Å²) in [5.41, 5.74) is 14.0. The minimum absolute atomic E-state index is 0.0640. The first kappa shape index (κ1) is 29.7. The summed E-state index contributed by atoms with van der Waals surface area (Å²) in [6.07, 6.45) is 22.1. The highest BCUT2D eigenvalue weighted by Crippen LogP contribution is 2.65. The van der Waals surface area contributed by atoms with Crippen LogP contribution in [0, 0.1) is 10.8 Å². The summed E-state index contributed by atoms with van der Waals surface area (Å²) in [6, 6.07) is 0.161. The topological polar surface area (TPSA) is 52.0 Å². The lowest BCUT2D eigenvalue weighted by Gasteiger charge is -2.62. The molecule has 2 saturated carbocycles. The van der Waals surface area contributed by atoms with Gasteiger partial charge in [-0.15, -0.1) is 23.2 Å². The molecule has 2 nitrogen and oxygen atoms in total. The van der Waals surface area contributed by atoms with Gasteiger partial charge in [0.2, 0.25) is 0 Å². The molecule has 0 heterocycles. The Morgan fingerprint density at radius 1 is 0.606 bits per heavy atom. The molecular weight excluding hydrogens is 447 g/mol. The molecule has 0 aromatic carbocycles. The Hall–Kier alpha value is 0.500. The molecule has 0 aromatic heterocycles. The van der Waals surface area contributed by atoms with Crippen molar-refractivity contribution in [2.75, 3.05) is 0 Å². The summed E-state index contributed by atoms with van der Waals surface area (Å²) in [4.78, 5) is -0.639.